The molecular formula is C27H29N3O4. The highest BCUT2D eigenvalue weighted by Gasteiger charge is 2.52. The van der Waals surface area contributed by atoms with Crippen molar-refractivity contribution in [1.29, 1.82) is 0 Å². The molecule has 2 heterocycles. The van der Waals surface area contributed by atoms with E-state index >= 15 is 0 Å². The SMILES string of the molecule is Cc1c(-c2cccc(C(=O)N(C)C)c2)cnc(NC(=O)C2(c3ccc4c(c3)OCO4)CC2)c1C.[HH]. The minimum absolute atomic E-state index is 0. The Balaban J connectivity index is 0.00000289. The molecule has 2 amide bonds. The molecule has 2 aliphatic rings. The molecule has 176 valence electrons. The fourth-order valence-electron chi connectivity index (χ4n) is 4.39. The van der Waals surface area contributed by atoms with Crippen LogP contribution in [0.2, 0.25) is 0 Å². The van der Waals surface area contributed by atoms with Crippen LogP contribution in [0.4, 0.5) is 5.82 Å². The third kappa shape index (κ3) is 3.67. The number of nitrogens with zero attached hydrogens (tertiary/aromatic N) is 2. The Hall–Kier alpha value is -3.87. The number of pyridine rings is 1. The predicted molar refractivity (Wildman–Crippen MR) is 131 cm³/mol. The van der Waals surface area contributed by atoms with Crippen LogP contribution < -0.4 is 14.8 Å². The van der Waals surface area contributed by atoms with Gasteiger partial charge in [-0.15, -0.1) is 0 Å². The van der Waals surface area contributed by atoms with Gasteiger partial charge in [-0.1, -0.05) is 18.2 Å². The molecule has 1 saturated carbocycles. The fraction of sp³-hybridized carbons (Fsp3) is 0.296. The van der Waals surface area contributed by atoms with Gasteiger partial charge < -0.3 is 19.7 Å². The standard InChI is InChI=1S/C27H27N3O4.H2/c1-16-17(2)24(28-14-21(16)18-6-5-7-19(12-18)25(31)30(3)4)29-26(32)27(10-11-27)20-8-9-22-23(13-20)34-15-33-22;/h5-9,12-14H,10-11,15H2,1-4H3,(H,28,29,32);1H. The van der Waals surface area contributed by atoms with Crippen LogP contribution in [0.5, 0.6) is 11.5 Å². The van der Waals surface area contributed by atoms with E-state index in [1.807, 2.05) is 50.2 Å². The largest absolute Gasteiger partial charge is 0.454 e. The van der Waals surface area contributed by atoms with Crippen molar-refractivity contribution in [2.45, 2.75) is 32.1 Å². The van der Waals surface area contributed by atoms with E-state index in [0.717, 1.165) is 40.7 Å². The monoisotopic (exact) mass is 459 g/mol. The lowest BCUT2D eigenvalue weighted by atomic mass is 9.94. The number of aromatic nitrogens is 1. The number of amides is 2. The first kappa shape index (κ1) is 21.9. The summed E-state index contributed by atoms with van der Waals surface area (Å²) in [6.07, 6.45) is 3.32. The maximum Gasteiger partial charge on any atom is 0.253 e. The summed E-state index contributed by atoms with van der Waals surface area (Å²) in [5, 5.41) is 3.06. The molecule has 7 nitrogen and oxygen atoms in total. The van der Waals surface area contributed by atoms with Crippen LogP contribution in [0.25, 0.3) is 11.1 Å². The minimum Gasteiger partial charge on any atom is -0.454 e. The van der Waals surface area contributed by atoms with Crippen molar-refractivity contribution >= 4 is 17.6 Å². The van der Waals surface area contributed by atoms with Crippen LogP contribution in [-0.2, 0) is 10.2 Å². The highest BCUT2D eigenvalue weighted by atomic mass is 16.7. The highest BCUT2D eigenvalue weighted by Crippen LogP contribution is 2.51. The van der Waals surface area contributed by atoms with E-state index in [1.165, 1.54) is 0 Å². The van der Waals surface area contributed by atoms with E-state index in [2.05, 4.69) is 10.3 Å². The number of anilines is 1. The molecule has 3 aromatic rings. The maximum absolute atomic E-state index is 13.3. The Labute approximate surface area is 200 Å². The van der Waals surface area contributed by atoms with Gasteiger partial charge >= 0.3 is 0 Å². The number of benzene rings is 2. The van der Waals surface area contributed by atoms with Crippen molar-refractivity contribution in [2.24, 2.45) is 0 Å². The van der Waals surface area contributed by atoms with Gasteiger partial charge in [0.15, 0.2) is 11.5 Å². The van der Waals surface area contributed by atoms with Crippen molar-refractivity contribution in [1.82, 2.24) is 9.88 Å². The molecule has 7 heteroatoms. The lowest BCUT2D eigenvalue weighted by Gasteiger charge is -2.19. The summed E-state index contributed by atoms with van der Waals surface area (Å²) in [5.74, 6) is 1.83. The summed E-state index contributed by atoms with van der Waals surface area (Å²) in [7, 11) is 3.47. The molecule has 34 heavy (non-hydrogen) atoms. The molecule has 1 aliphatic carbocycles. The Morgan fingerprint density at radius 3 is 2.53 bits per heavy atom. The molecule has 2 aromatic carbocycles. The van der Waals surface area contributed by atoms with Crippen molar-refractivity contribution < 1.29 is 20.5 Å². The number of carbonyl (C=O) groups is 2. The van der Waals surface area contributed by atoms with Gasteiger partial charge in [0, 0.05) is 32.8 Å². The second kappa shape index (κ2) is 8.17. The quantitative estimate of drug-likeness (QED) is 0.598. The van der Waals surface area contributed by atoms with Crippen LogP contribution in [0, 0.1) is 13.8 Å². The predicted octanol–water partition coefficient (Wildman–Crippen LogP) is 4.71. The summed E-state index contributed by atoms with van der Waals surface area (Å²) in [5.41, 5.74) is 4.74. The number of nitrogens with one attached hydrogen (secondary N) is 1. The van der Waals surface area contributed by atoms with Crippen LogP contribution in [0.15, 0.2) is 48.7 Å². The summed E-state index contributed by atoms with van der Waals surface area (Å²) in [6, 6.07) is 13.2. The molecule has 1 N–H and O–H groups in total. The minimum atomic E-state index is -0.567. The van der Waals surface area contributed by atoms with Crippen LogP contribution in [-0.4, -0.2) is 42.6 Å². The Kier molecular flexibility index (Phi) is 5.27. The van der Waals surface area contributed by atoms with Crippen molar-refractivity contribution in [2.75, 3.05) is 26.2 Å². The van der Waals surface area contributed by atoms with Gasteiger partial charge in [0.25, 0.3) is 5.91 Å². The molecule has 5 rings (SSSR count). The molecule has 0 unspecified atom stereocenters. The number of carbonyl (C=O) groups excluding carboxylic acids is 2. The summed E-state index contributed by atoms with van der Waals surface area (Å²) in [6.45, 7) is 4.17. The molecule has 1 fully saturated rings. The molecule has 1 aliphatic heterocycles. The number of hydrogen-bond acceptors (Lipinski definition) is 5. The van der Waals surface area contributed by atoms with Gasteiger partial charge in [-0.2, -0.15) is 0 Å². The molecule has 0 atom stereocenters. The second-order valence-corrected chi connectivity index (χ2v) is 9.16. The third-order valence-electron chi connectivity index (χ3n) is 6.81. The van der Waals surface area contributed by atoms with Gasteiger partial charge in [-0.3, -0.25) is 9.59 Å². The zero-order valence-corrected chi connectivity index (χ0v) is 19.8. The molecule has 0 saturated heterocycles. The number of ether oxygens (including phenoxy) is 2. The Bertz CT molecular complexity index is 1320. The molecular weight excluding hydrogens is 430 g/mol. The highest BCUT2D eigenvalue weighted by molar-refractivity contribution is 6.01. The van der Waals surface area contributed by atoms with Gasteiger partial charge in [0.2, 0.25) is 12.7 Å². The first-order chi connectivity index (χ1) is 16.3. The maximum atomic E-state index is 13.3. The van der Waals surface area contributed by atoms with Crippen LogP contribution in [0.3, 0.4) is 0 Å². The fourth-order valence-corrected chi connectivity index (χ4v) is 4.39. The first-order valence-corrected chi connectivity index (χ1v) is 11.3. The van der Waals surface area contributed by atoms with Gasteiger partial charge in [-0.25, -0.2) is 4.98 Å². The Morgan fingerprint density at radius 1 is 1.03 bits per heavy atom. The average molecular weight is 460 g/mol. The van der Waals surface area contributed by atoms with Crippen LogP contribution in [0.1, 0.15) is 41.3 Å². The Morgan fingerprint density at radius 2 is 1.79 bits per heavy atom. The third-order valence-corrected chi connectivity index (χ3v) is 6.81. The zero-order chi connectivity index (χ0) is 24.0. The van der Waals surface area contributed by atoms with Crippen molar-refractivity contribution in [3.05, 3.63) is 70.9 Å². The van der Waals surface area contributed by atoms with E-state index in [-0.39, 0.29) is 20.0 Å². The number of fused-ring (bicyclic) bond motifs is 1. The molecule has 1 aromatic heterocycles. The van der Waals surface area contributed by atoms with Crippen molar-refractivity contribution in [3.63, 3.8) is 0 Å². The zero-order valence-electron chi connectivity index (χ0n) is 19.8. The van der Waals surface area contributed by atoms with E-state index in [9.17, 15) is 9.59 Å². The van der Waals surface area contributed by atoms with Crippen LogP contribution >= 0.6 is 0 Å². The second-order valence-electron chi connectivity index (χ2n) is 9.16. The molecule has 0 bridgehead atoms. The molecule has 0 radical (unpaired) electrons. The van der Waals surface area contributed by atoms with Crippen molar-refractivity contribution in [3.8, 4) is 22.6 Å². The smallest absolute Gasteiger partial charge is 0.253 e. The van der Waals surface area contributed by atoms with Gasteiger partial charge in [-0.05, 0) is 73.2 Å². The topological polar surface area (TPSA) is 80.8 Å². The van der Waals surface area contributed by atoms with Gasteiger partial charge in [0.1, 0.15) is 5.82 Å². The summed E-state index contributed by atoms with van der Waals surface area (Å²) in [4.78, 5) is 31.9. The lowest BCUT2D eigenvalue weighted by molar-refractivity contribution is -0.118. The number of rotatable bonds is 5. The first-order valence-electron chi connectivity index (χ1n) is 11.3. The summed E-state index contributed by atoms with van der Waals surface area (Å²) >= 11 is 0. The van der Waals surface area contributed by atoms with Gasteiger partial charge in [0.05, 0.1) is 5.41 Å². The molecule has 0 spiro atoms. The lowest BCUT2D eigenvalue weighted by Crippen LogP contribution is -2.28. The van der Waals surface area contributed by atoms with E-state index in [4.69, 9.17) is 9.47 Å². The van der Waals surface area contributed by atoms with E-state index in [1.54, 1.807) is 31.3 Å². The average Bonchev–Trinajstić information content (AvgIpc) is 3.52. The van der Waals surface area contributed by atoms with E-state index < -0.39 is 5.41 Å². The summed E-state index contributed by atoms with van der Waals surface area (Å²) < 4.78 is 10.9. The number of hydrogen-bond donors (Lipinski definition) is 1. The van der Waals surface area contributed by atoms with E-state index in [0.29, 0.717) is 22.9 Å². The normalized spacial score (nSPS) is 15.1.